The van der Waals surface area contributed by atoms with Gasteiger partial charge in [0.1, 0.15) is 0 Å². The molecule has 1 unspecified atom stereocenters. The van der Waals surface area contributed by atoms with E-state index in [0.29, 0.717) is 0 Å². The van der Waals surface area contributed by atoms with Crippen LogP contribution in [-0.4, -0.2) is 9.97 Å². The summed E-state index contributed by atoms with van der Waals surface area (Å²) in [5.74, 6) is 0. The van der Waals surface area contributed by atoms with Crippen LogP contribution in [0.15, 0.2) is 47.3 Å². The summed E-state index contributed by atoms with van der Waals surface area (Å²) in [6.45, 7) is 4.24. The lowest BCUT2D eigenvalue weighted by Crippen LogP contribution is -2.23. The van der Waals surface area contributed by atoms with E-state index in [1.807, 2.05) is 12.1 Å². The monoisotopic (exact) mass is 305 g/mol. The topological polar surface area (TPSA) is 37.8 Å². The maximum Gasteiger partial charge on any atom is 0.0753 e. The van der Waals surface area contributed by atoms with E-state index < -0.39 is 0 Å². The van der Waals surface area contributed by atoms with Crippen molar-refractivity contribution in [2.45, 2.75) is 25.9 Å². The van der Waals surface area contributed by atoms with Crippen LogP contribution < -0.4 is 5.32 Å². The van der Waals surface area contributed by atoms with E-state index in [9.17, 15) is 0 Å². The first-order chi connectivity index (χ1) is 8.68. The smallest absolute Gasteiger partial charge is 0.0753 e. The molecule has 3 nitrogen and oxygen atoms in total. The SMILES string of the molecule is CC(N[C@H](C)c1ccccc1Br)c1cnccn1. The van der Waals surface area contributed by atoms with Crippen LogP contribution in [0, 0.1) is 0 Å². The number of hydrogen-bond acceptors (Lipinski definition) is 3. The van der Waals surface area contributed by atoms with Crippen LogP contribution in [0.2, 0.25) is 0 Å². The van der Waals surface area contributed by atoms with Crippen molar-refractivity contribution in [3.8, 4) is 0 Å². The second kappa shape index (κ2) is 6.07. The summed E-state index contributed by atoms with van der Waals surface area (Å²) in [6.07, 6.45) is 5.20. The average molecular weight is 306 g/mol. The highest BCUT2D eigenvalue weighted by Gasteiger charge is 2.13. The van der Waals surface area contributed by atoms with Crippen molar-refractivity contribution in [1.29, 1.82) is 0 Å². The van der Waals surface area contributed by atoms with Crippen LogP contribution in [0.4, 0.5) is 0 Å². The van der Waals surface area contributed by atoms with E-state index >= 15 is 0 Å². The molecule has 0 fully saturated rings. The number of halogens is 1. The molecule has 18 heavy (non-hydrogen) atoms. The van der Waals surface area contributed by atoms with Gasteiger partial charge in [0.05, 0.1) is 5.69 Å². The second-order valence-electron chi connectivity index (χ2n) is 4.26. The van der Waals surface area contributed by atoms with Gasteiger partial charge in [0.2, 0.25) is 0 Å². The van der Waals surface area contributed by atoms with Gasteiger partial charge in [-0.25, -0.2) is 0 Å². The first-order valence-corrected chi connectivity index (χ1v) is 6.74. The Morgan fingerprint density at radius 2 is 1.89 bits per heavy atom. The number of benzene rings is 1. The van der Waals surface area contributed by atoms with Crippen molar-refractivity contribution in [3.05, 3.63) is 58.6 Å². The van der Waals surface area contributed by atoms with Crippen molar-refractivity contribution >= 4 is 15.9 Å². The standard InChI is InChI=1S/C14H16BrN3/c1-10(12-5-3-4-6-13(12)15)18-11(2)14-9-16-7-8-17-14/h3-11,18H,1-2H3/t10-,11?/m1/s1. The number of rotatable bonds is 4. The van der Waals surface area contributed by atoms with E-state index in [2.05, 4.69) is 57.2 Å². The molecule has 0 radical (unpaired) electrons. The Hall–Kier alpha value is -1.26. The predicted molar refractivity (Wildman–Crippen MR) is 76.1 cm³/mol. The molecule has 1 aromatic carbocycles. The van der Waals surface area contributed by atoms with E-state index in [1.54, 1.807) is 18.6 Å². The van der Waals surface area contributed by atoms with Gasteiger partial charge in [0.15, 0.2) is 0 Å². The van der Waals surface area contributed by atoms with Crippen LogP contribution in [0.25, 0.3) is 0 Å². The van der Waals surface area contributed by atoms with Crippen LogP contribution in [0.1, 0.15) is 37.2 Å². The van der Waals surface area contributed by atoms with Gasteiger partial charge in [-0.3, -0.25) is 9.97 Å². The second-order valence-corrected chi connectivity index (χ2v) is 5.12. The summed E-state index contributed by atoms with van der Waals surface area (Å²) in [5.41, 5.74) is 2.20. The summed E-state index contributed by atoms with van der Waals surface area (Å²) >= 11 is 3.58. The molecule has 2 aromatic rings. The third-order valence-electron chi connectivity index (χ3n) is 2.90. The Balaban J connectivity index is 2.08. The molecular weight excluding hydrogens is 290 g/mol. The molecule has 0 aliphatic carbocycles. The van der Waals surface area contributed by atoms with Gasteiger partial charge in [-0.1, -0.05) is 34.1 Å². The molecular formula is C14H16BrN3. The van der Waals surface area contributed by atoms with Gasteiger partial charge in [-0.15, -0.1) is 0 Å². The summed E-state index contributed by atoms with van der Waals surface area (Å²) in [5, 5.41) is 3.52. The highest BCUT2D eigenvalue weighted by Crippen LogP contribution is 2.24. The molecule has 0 spiro atoms. The maximum absolute atomic E-state index is 4.31. The summed E-state index contributed by atoms with van der Waals surface area (Å²) in [4.78, 5) is 8.40. The molecule has 1 N–H and O–H groups in total. The fourth-order valence-electron chi connectivity index (χ4n) is 1.91. The molecule has 0 aliphatic rings. The zero-order valence-electron chi connectivity index (χ0n) is 10.5. The van der Waals surface area contributed by atoms with Crippen molar-refractivity contribution < 1.29 is 0 Å². The Morgan fingerprint density at radius 1 is 1.11 bits per heavy atom. The van der Waals surface area contributed by atoms with E-state index in [0.717, 1.165) is 10.2 Å². The van der Waals surface area contributed by atoms with Gasteiger partial charge in [-0.05, 0) is 25.5 Å². The Kier molecular flexibility index (Phi) is 4.44. The lowest BCUT2D eigenvalue weighted by molar-refractivity contribution is 0.484. The first-order valence-electron chi connectivity index (χ1n) is 5.95. The van der Waals surface area contributed by atoms with Crippen molar-refractivity contribution in [1.82, 2.24) is 15.3 Å². The van der Waals surface area contributed by atoms with Crippen LogP contribution in [0.5, 0.6) is 0 Å². The maximum atomic E-state index is 4.31. The third-order valence-corrected chi connectivity index (χ3v) is 3.62. The van der Waals surface area contributed by atoms with Crippen LogP contribution >= 0.6 is 15.9 Å². The largest absolute Gasteiger partial charge is 0.302 e. The molecule has 2 rings (SSSR count). The summed E-state index contributed by atoms with van der Waals surface area (Å²) in [6, 6.07) is 8.65. The van der Waals surface area contributed by atoms with Crippen molar-refractivity contribution in [2.75, 3.05) is 0 Å². The molecule has 0 saturated carbocycles. The first kappa shape index (κ1) is 13.2. The van der Waals surface area contributed by atoms with Gasteiger partial charge in [-0.2, -0.15) is 0 Å². The van der Waals surface area contributed by atoms with E-state index in [4.69, 9.17) is 0 Å². The molecule has 1 aromatic heterocycles. The van der Waals surface area contributed by atoms with Crippen molar-refractivity contribution in [2.24, 2.45) is 0 Å². The summed E-state index contributed by atoms with van der Waals surface area (Å²) in [7, 11) is 0. The Bertz CT molecular complexity index is 501. The zero-order chi connectivity index (χ0) is 13.0. The van der Waals surface area contributed by atoms with Gasteiger partial charge in [0.25, 0.3) is 0 Å². The lowest BCUT2D eigenvalue weighted by Gasteiger charge is -2.20. The number of hydrogen-bond donors (Lipinski definition) is 1. The molecule has 0 aliphatic heterocycles. The molecule has 0 bridgehead atoms. The van der Waals surface area contributed by atoms with Crippen molar-refractivity contribution in [3.63, 3.8) is 0 Å². The fraction of sp³-hybridized carbons (Fsp3) is 0.286. The molecule has 4 heteroatoms. The summed E-state index contributed by atoms with van der Waals surface area (Å²) < 4.78 is 1.12. The van der Waals surface area contributed by atoms with Gasteiger partial charge < -0.3 is 5.32 Å². The Labute approximate surface area is 116 Å². The number of nitrogens with one attached hydrogen (secondary N) is 1. The van der Waals surface area contributed by atoms with E-state index in [1.165, 1.54) is 5.56 Å². The van der Waals surface area contributed by atoms with E-state index in [-0.39, 0.29) is 12.1 Å². The predicted octanol–water partition coefficient (Wildman–Crippen LogP) is 3.65. The number of aromatic nitrogens is 2. The molecule has 94 valence electrons. The molecule has 1 heterocycles. The normalized spacial score (nSPS) is 14.2. The molecule has 2 atom stereocenters. The van der Waals surface area contributed by atoms with Crippen LogP contribution in [0.3, 0.4) is 0 Å². The minimum absolute atomic E-state index is 0.167. The minimum atomic E-state index is 0.167. The number of nitrogens with zero attached hydrogens (tertiary/aromatic N) is 2. The molecule has 0 amide bonds. The quantitative estimate of drug-likeness (QED) is 0.937. The third kappa shape index (κ3) is 3.15. The highest BCUT2D eigenvalue weighted by atomic mass is 79.9. The lowest BCUT2D eigenvalue weighted by atomic mass is 10.1. The van der Waals surface area contributed by atoms with Gasteiger partial charge in [0, 0.05) is 35.1 Å². The fourth-order valence-corrected chi connectivity index (χ4v) is 2.54. The average Bonchev–Trinajstić information content (AvgIpc) is 2.40. The van der Waals surface area contributed by atoms with Crippen LogP contribution in [-0.2, 0) is 0 Å². The minimum Gasteiger partial charge on any atom is -0.302 e. The molecule has 0 saturated heterocycles. The zero-order valence-corrected chi connectivity index (χ0v) is 12.1. The highest BCUT2D eigenvalue weighted by molar-refractivity contribution is 9.10. The Morgan fingerprint density at radius 3 is 2.56 bits per heavy atom. The van der Waals surface area contributed by atoms with Gasteiger partial charge >= 0.3 is 0 Å².